The lowest BCUT2D eigenvalue weighted by atomic mass is 10.1. The summed E-state index contributed by atoms with van der Waals surface area (Å²) < 4.78 is 8.97. The predicted molar refractivity (Wildman–Crippen MR) is 78.9 cm³/mol. The van der Waals surface area contributed by atoms with E-state index in [0.717, 1.165) is 22.7 Å². The summed E-state index contributed by atoms with van der Waals surface area (Å²) in [4.78, 5) is 1.04. The van der Waals surface area contributed by atoms with Crippen LogP contribution in [0.4, 0.5) is 0 Å². The molecule has 102 valence electrons. The molecule has 0 aliphatic rings. The van der Waals surface area contributed by atoms with Gasteiger partial charge in [0, 0.05) is 30.8 Å². The van der Waals surface area contributed by atoms with Crippen molar-refractivity contribution in [3.8, 4) is 11.3 Å². The minimum absolute atomic E-state index is 0.582. The Morgan fingerprint density at radius 2 is 2.21 bits per heavy atom. The van der Waals surface area contributed by atoms with Gasteiger partial charge in [0.1, 0.15) is 5.69 Å². The Kier molecular flexibility index (Phi) is 5.54. The largest absolute Gasteiger partial charge is 0.383 e. The predicted octanol–water partition coefficient (Wildman–Crippen LogP) is 3.25. The van der Waals surface area contributed by atoms with Crippen molar-refractivity contribution in [2.75, 3.05) is 20.3 Å². The molecular weight excluding hydrogens is 305 g/mol. The highest BCUT2D eigenvalue weighted by Crippen LogP contribution is 2.32. The van der Waals surface area contributed by atoms with Gasteiger partial charge in [0.05, 0.1) is 16.5 Å². The van der Waals surface area contributed by atoms with Crippen LogP contribution in [0.3, 0.4) is 0 Å². The Hall–Kier alpha value is -0.720. The standard InChI is InChI=1S/C12H13Cl2N3OS/c1-18-5-4-15-7-11-12(16-17-19-11)9-3-2-8(13)6-10(9)14/h2-3,6,15H,4-5,7H2,1H3. The summed E-state index contributed by atoms with van der Waals surface area (Å²) in [6.07, 6.45) is 0. The van der Waals surface area contributed by atoms with Gasteiger partial charge in [0.15, 0.2) is 0 Å². The van der Waals surface area contributed by atoms with Crippen molar-refractivity contribution in [1.29, 1.82) is 0 Å². The first-order valence-corrected chi connectivity index (χ1v) is 7.21. The molecule has 0 atom stereocenters. The second kappa shape index (κ2) is 7.17. The Balaban J connectivity index is 2.14. The first-order chi connectivity index (χ1) is 9.22. The Morgan fingerprint density at radius 3 is 2.95 bits per heavy atom. The maximum absolute atomic E-state index is 6.19. The van der Waals surface area contributed by atoms with E-state index in [0.29, 0.717) is 23.2 Å². The molecule has 1 heterocycles. The molecule has 0 aliphatic heterocycles. The average molecular weight is 318 g/mol. The monoisotopic (exact) mass is 317 g/mol. The van der Waals surface area contributed by atoms with E-state index in [1.807, 2.05) is 6.07 Å². The molecule has 1 aromatic heterocycles. The highest BCUT2D eigenvalue weighted by atomic mass is 35.5. The summed E-state index contributed by atoms with van der Waals surface area (Å²) in [5, 5.41) is 8.60. The SMILES string of the molecule is COCCNCc1snnc1-c1ccc(Cl)cc1Cl. The first-order valence-electron chi connectivity index (χ1n) is 5.68. The van der Waals surface area contributed by atoms with Crippen LogP contribution in [0.2, 0.25) is 10.0 Å². The zero-order valence-electron chi connectivity index (χ0n) is 10.3. The zero-order chi connectivity index (χ0) is 13.7. The lowest BCUT2D eigenvalue weighted by Gasteiger charge is -2.05. The van der Waals surface area contributed by atoms with Gasteiger partial charge in [-0.05, 0) is 29.7 Å². The Labute approximate surface area is 125 Å². The molecule has 1 aromatic carbocycles. The number of halogens is 2. The van der Waals surface area contributed by atoms with Crippen LogP contribution < -0.4 is 5.32 Å². The maximum Gasteiger partial charge on any atom is 0.111 e. The molecule has 19 heavy (non-hydrogen) atoms. The topological polar surface area (TPSA) is 47.0 Å². The van der Waals surface area contributed by atoms with Crippen molar-refractivity contribution in [3.63, 3.8) is 0 Å². The minimum Gasteiger partial charge on any atom is -0.383 e. The van der Waals surface area contributed by atoms with Crippen molar-refractivity contribution in [1.82, 2.24) is 14.9 Å². The third-order valence-electron chi connectivity index (χ3n) is 2.51. The summed E-state index contributed by atoms with van der Waals surface area (Å²) in [6, 6.07) is 5.37. The van der Waals surface area contributed by atoms with Crippen LogP contribution in [-0.4, -0.2) is 29.8 Å². The normalized spacial score (nSPS) is 10.9. The number of rotatable bonds is 6. The molecule has 7 heteroatoms. The van der Waals surface area contributed by atoms with Crippen LogP contribution in [0.5, 0.6) is 0 Å². The van der Waals surface area contributed by atoms with E-state index in [9.17, 15) is 0 Å². The number of nitrogens with one attached hydrogen (secondary N) is 1. The zero-order valence-corrected chi connectivity index (χ0v) is 12.6. The molecule has 0 unspecified atom stereocenters. The van der Waals surface area contributed by atoms with Gasteiger partial charge in [-0.3, -0.25) is 0 Å². The van der Waals surface area contributed by atoms with E-state index in [1.165, 1.54) is 11.5 Å². The second-order valence-electron chi connectivity index (χ2n) is 3.84. The molecule has 4 nitrogen and oxygen atoms in total. The number of hydrogen-bond acceptors (Lipinski definition) is 5. The molecule has 0 fully saturated rings. The van der Waals surface area contributed by atoms with Crippen molar-refractivity contribution < 1.29 is 4.74 Å². The van der Waals surface area contributed by atoms with Crippen molar-refractivity contribution in [2.45, 2.75) is 6.54 Å². The lowest BCUT2D eigenvalue weighted by molar-refractivity contribution is 0.199. The van der Waals surface area contributed by atoms with E-state index in [2.05, 4.69) is 14.9 Å². The molecule has 0 saturated heterocycles. The minimum atomic E-state index is 0.582. The molecule has 0 spiro atoms. The number of nitrogens with zero attached hydrogens (tertiary/aromatic N) is 2. The highest BCUT2D eigenvalue weighted by Gasteiger charge is 2.13. The molecule has 0 aliphatic carbocycles. The van der Waals surface area contributed by atoms with Crippen LogP contribution >= 0.6 is 34.7 Å². The molecule has 0 saturated carbocycles. The maximum atomic E-state index is 6.19. The molecular formula is C12H13Cl2N3OS. The van der Waals surface area contributed by atoms with E-state index in [1.54, 1.807) is 19.2 Å². The molecule has 1 N–H and O–H groups in total. The molecule has 0 bridgehead atoms. The van der Waals surface area contributed by atoms with Crippen molar-refractivity contribution in [2.24, 2.45) is 0 Å². The summed E-state index contributed by atoms with van der Waals surface area (Å²) >= 11 is 13.4. The van der Waals surface area contributed by atoms with Gasteiger partial charge in [-0.1, -0.05) is 27.7 Å². The van der Waals surface area contributed by atoms with E-state index < -0.39 is 0 Å². The first kappa shape index (κ1) is 14.7. The molecule has 2 aromatic rings. The van der Waals surface area contributed by atoms with Crippen LogP contribution in [0.25, 0.3) is 11.3 Å². The molecule has 0 radical (unpaired) electrons. The van der Waals surface area contributed by atoms with Crippen LogP contribution in [-0.2, 0) is 11.3 Å². The number of benzene rings is 1. The fraction of sp³-hybridized carbons (Fsp3) is 0.333. The third-order valence-corrected chi connectivity index (χ3v) is 3.78. The second-order valence-corrected chi connectivity index (χ2v) is 5.52. The van der Waals surface area contributed by atoms with Crippen LogP contribution in [0.1, 0.15) is 4.88 Å². The number of ether oxygens (including phenoxy) is 1. The highest BCUT2D eigenvalue weighted by molar-refractivity contribution is 7.06. The van der Waals surface area contributed by atoms with Gasteiger partial charge in [0.25, 0.3) is 0 Å². The van der Waals surface area contributed by atoms with Crippen molar-refractivity contribution in [3.05, 3.63) is 33.1 Å². The van der Waals surface area contributed by atoms with Gasteiger partial charge in [-0.15, -0.1) is 5.10 Å². The number of aromatic nitrogens is 2. The van der Waals surface area contributed by atoms with Gasteiger partial charge < -0.3 is 10.1 Å². The van der Waals surface area contributed by atoms with Gasteiger partial charge in [-0.2, -0.15) is 0 Å². The third kappa shape index (κ3) is 3.87. The summed E-state index contributed by atoms with van der Waals surface area (Å²) in [5.41, 5.74) is 1.65. The number of methoxy groups -OCH3 is 1. The Morgan fingerprint density at radius 1 is 1.37 bits per heavy atom. The summed E-state index contributed by atoms with van der Waals surface area (Å²) in [7, 11) is 1.68. The lowest BCUT2D eigenvalue weighted by Crippen LogP contribution is -2.18. The average Bonchev–Trinajstić information content (AvgIpc) is 2.83. The van der Waals surface area contributed by atoms with Crippen molar-refractivity contribution >= 4 is 34.7 Å². The van der Waals surface area contributed by atoms with E-state index >= 15 is 0 Å². The number of hydrogen-bond donors (Lipinski definition) is 1. The summed E-state index contributed by atoms with van der Waals surface area (Å²) in [5.74, 6) is 0. The van der Waals surface area contributed by atoms with Crippen LogP contribution in [0.15, 0.2) is 18.2 Å². The fourth-order valence-corrected chi connectivity index (χ4v) is 2.71. The van der Waals surface area contributed by atoms with Gasteiger partial charge >= 0.3 is 0 Å². The fourth-order valence-electron chi connectivity index (χ4n) is 1.59. The van der Waals surface area contributed by atoms with Gasteiger partial charge in [-0.25, -0.2) is 0 Å². The molecule has 2 rings (SSSR count). The van der Waals surface area contributed by atoms with E-state index in [-0.39, 0.29) is 0 Å². The summed E-state index contributed by atoms with van der Waals surface area (Å²) in [6.45, 7) is 2.14. The Bertz CT molecular complexity index is 548. The van der Waals surface area contributed by atoms with E-state index in [4.69, 9.17) is 27.9 Å². The smallest absolute Gasteiger partial charge is 0.111 e. The van der Waals surface area contributed by atoms with Crippen LogP contribution in [0, 0.1) is 0 Å². The molecule has 0 amide bonds. The van der Waals surface area contributed by atoms with Gasteiger partial charge in [0.2, 0.25) is 0 Å². The quantitative estimate of drug-likeness (QED) is 0.831.